The van der Waals surface area contributed by atoms with Crippen molar-refractivity contribution in [3.63, 3.8) is 0 Å². The molecule has 0 bridgehead atoms. The Morgan fingerprint density at radius 1 is 1.00 bits per heavy atom. The summed E-state index contributed by atoms with van der Waals surface area (Å²) in [6, 6.07) is 23.6. The van der Waals surface area contributed by atoms with Crippen LogP contribution in [0.2, 0.25) is 0 Å². The molecule has 0 spiro atoms. The average molecular weight is 544 g/mol. The Morgan fingerprint density at radius 2 is 1.65 bits per heavy atom. The van der Waals surface area contributed by atoms with Crippen LogP contribution in [-0.2, 0) is 22.7 Å². The average Bonchev–Trinajstić information content (AvgIpc) is 3.02. The lowest BCUT2D eigenvalue weighted by molar-refractivity contribution is -0.136. The van der Waals surface area contributed by atoms with Crippen LogP contribution in [0.5, 0.6) is 0 Å². The van der Waals surface area contributed by atoms with Crippen molar-refractivity contribution in [3.05, 3.63) is 120 Å². The van der Waals surface area contributed by atoms with Crippen LogP contribution in [0.25, 0.3) is 0 Å². The second kappa shape index (κ2) is 13.5. The summed E-state index contributed by atoms with van der Waals surface area (Å²) in [4.78, 5) is 43.8. The Balaban J connectivity index is 1.63. The molecular formula is C31H34FN5O3. The van der Waals surface area contributed by atoms with Crippen molar-refractivity contribution >= 4 is 17.8 Å². The zero-order valence-electron chi connectivity index (χ0n) is 22.6. The van der Waals surface area contributed by atoms with E-state index in [2.05, 4.69) is 11.9 Å². The monoisotopic (exact) mass is 543 g/mol. The lowest BCUT2D eigenvalue weighted by Gasteiger charge is -2.37. The summed E-state index contributed by atoms with van der Waals surface area (Å²) in [6.07, 6.45) is 1.59. The van der Waals surface area contributed by atoms with Gasteiger partial charge in [0.1, 0.15) is 11.9 Å². The number of halogens is 1. The first-order valence-corrected chi connectivity index (χ1v) is 13.2. The van der Waals surface area contributed by atoms with Gasteiger partial charge in [-0.25, -0.2) is 14.2 Å². The normalized spacial score (nSPS) is 16.4. The van der Waals surface area contributed by atoms with Crippen LogP contribution >= 0.6 is 0 Å². The van der Waals surface area contributed by atoms with Crippen molar-refractivity contribution in [1.82, 2.24) is 25.1 Å². The summed E-state index contributed by atoms with van der Waals surface area (Å²) >= 11 is 0. The Bertz CT molecular complexity index is 1320. The Labute approximate surface area is 234 Å². The Kier molecular flexibility index (Phi) is 9.64. The fraction of sp³-hybridized carbons (Fsp3) is 0.258. The fourth-order valence-electron chi connectivity index (χ4n) is 4.67. The molecule has 0 radical (unpaired) electrons. The molecule has 3 aromatic carbocycles. The second-order valence-electron chi connectivity index (χ2n) is 9.65. The highest BCUT2D eigenvalue weighted by atomic mass is 19.1. The molecule has 8 nitrogen and oxygen atoms in total. The number of urea groups is 1. The molecule has 1 heterocycles. The first-order chi connectivity index (χ1) is 19.4. The molecule has 0 aliphatic carbocycles. The van der Waals surface area contributed by atoms with Gasteiger partial charge in [0.25, 0.3) is 0 Å². The van der Waals surface area contributed by atoms with Crippen molar-refractivity contribution < 1.29 is 18.8 Å². The van der Waals surface area contributed by atoms with Gasteiger partial charge in [0.05, 0.1) is 13.1 Å². The Hall–Kier alpha value is -4.50. The Morgan fingerprint density at radius 3 is 2.33 bits per heavy atom. The number of carbonyl (C=O) groups is 3. The molecule has 4 rings (SSSR count). The van der Waals surface area contributed by atoms with E-state index in [-0.39, 0.29) is 44.7 Å². The van der Waals surface area contributed by atoms with Crippen molar-refractivity contribution in [2.75, 3.05) is 33.2 Å². The van der Waals surface area contributed by atoms with E-state index in [1.54, 1.807) is 65.5 Å². The number of rotatable bonds is 8. The van der Waals surface area contributed by atoms with Gasteiger partial charge in [-0.1, -0.05) is 84.9 Å². The van der Waals surface area contributed by atoms with E-state index >= 15 is 0 Å². The molecule has 9 heteroatoms. The van der Waals surface area contributed by atoms with Gasteiger partial charge in [0, 0.05) is 38.8 Å². The molecule has 1 aliphatic heterocycles. The van der Waals surface area contributed by atoms with Crippen molar-refractivity contribution in [1.29, 1.82) is 0 Å². The molecule has 208 valence electrons. The van der Waals surface area contributed by atoms with E-state index in [9.17, 15) is 18.8 Å². The number of nitrogens with zero attached hydrogens (tertiary/aromatic N) is 4. The van der Waals surface area contributed by atoms with E-state index in [0.717, 1.165) is 5.56 Å². The number of nitrogens with one attached hydrogen (secondary N) is 1. The lowest BCUT2D eigenvalue weighted by Crippen LogP contribution is -2.54. The topological polar surface area (TPSA) is 76.2 Å². The third-order valence-electron chi connectivity index (χ3n) is 6.72. The summed E-state index contributed by atoms with van der Waals surface area (Å²) < 4.78 is 14.6. The summed E-state index contributed by atoms with van der Waals surface area (Å²) in [7, 11) is 1.70. The summed E-state index contributed by atoms with van der Waals surface area (Å²) in [5.41, 5.74) is 1.95. The van der Waals surface area contributed by atoms with E-state index in [0.29, 0.717) is 17.7 Å². The van der Waals surface area contributed by atoms with Crippen molar-refractivity contribution in [3.8, 4) is 0 Å². The molecule has 1 fully saturated rings. The predicted molar refractivity (Wildman–Crippen MR) is 151 cm³/mol. The number of hydrogen-bond donors (Lipinski definition) is 1. The van der Waals surface area contributed by atoms with Crippen LogP contribution < -0.4 is 5.32 Å². The first-order valence-electron chi connectivity index (χ1n) is 13.2. The van der Waals surface area contributed by atoms with Gasteiger partial charge < -0.3 is 15.1 Å². The predicted octanol–water partition coefficient (Wildman–Crippen LogP) is 3.98. The van der Waals surface area contributed by atoms with Gasteiger partial charge in [-0.2, -0.15) is 0 Å². The number of carbonyl (C=O) groups excluding carboxylic acids is 3. The van der Waals surface area contributed by atoms with Crippen LogP contribution in [0.4, 0.5) is 9.18 Å². The third-order valence-corrected chi connectivity index (χ3v) is 6.72. The summed E-state index contributed by atoms with van der Waals surface area (Å²) in [5.74, 6) is -1.19. The van der Waals surface area contributed by atoms with Gasteiger partial charge in [-0.05, 0) is 17.2 Å². The van der Waals surface area contributed by atoms with Crippen LogP contribution in [0.3, 0.4) is 0 Å². The van der Waals surface area contributed by atoms with Gasteiger partial charge in [0.2, 0.25) is 11.8 Å². The largest absolute Gasteiger partial charge is 0.339 e. The van der Waals surface area contributed by atoms with Gasteiger partial charge in [0.15, 0.2) is 0 Å². The zero-order valence-corrected chi connectivity index (χ0v) is 22.6. The molecule has 3 aromatic rings. The number of benzene rings is 3. The minimum atomic E-state index is -0.954. The molecule has 0 unspecified atom stereocenters. The maximum Gasteiger partial charge on any atom is 0.334 e. The van der Waals surface area contributed by atoms with Crippen molar-refractivity contribution in [2.45, 2.75) is 19.1 Å². The van der Waals surface area contributed by atoms with Gasteiger partial charge >= 0.3 is 6.03 Å². The SMILES string of the molecule is C=CCN(C(=O)N(C)Cc1ccccc1)N1CCN(Cc2ccccc2F)C(=O)[C@H](c2ccccc2)NC(=O)C1. The molecule has 0 aromatic heterocycles. The lowest BCUT2D eigenvalue weighted by atomic mass is 10.0. The number of amides is 4. The first kappa shape index (κ1) is 28.5. The number of hydrazine groups is 1. The van der Waals surface area contributed by atoms with Gasteiger partial charge in [-0.3, -0.25) is 14.6 Å². The minimum absolute atomic E-state index is 0.0157. The summed E-state index contributed by atoms with van der Waals surface area (Å²) in [5, 5.41) is 5.93. The molecule has 40 heavy (non-hydrogen) atoms. The van der Waals surface area contributed by atoms with E-state index in [1.165, 1.54) is 16.0 Å². The van der Waals surface area contributed by atoms with Crippen molar-refractivity contribution in [2.24, 2.45) is 0 Å². The molecule has 1 saturated heterocycles. The highest BCUT2D eigenvalue weighted by Gasteiger charge is 2.33. The smallest absolute Gasteiger partial charge is 0.334 e. The van der Waals surface area contributed by atoms with Crippen LogP contribution in [0.15, 0.2) is 97.6 Å². The zero-order chi connectivity index (χ0) is 28.5. The quantitative estimate of drug-likeness (QED) is 0.436. The minimum Gasteiger partial charge on any atom is -0.339 e. The highest BCUT2D eigenvalue weighted by molar-refractivity contribution is 5.89. The fourth-order valence-corrected chi connectivity index (χ4v) is 4.67. The van der Waals surface area contributed by atoms with E-state index < -0.39 is 17.8 Å². The highest BCUT2D eigenvalue weighted by Crippen LogP contribution is 2.21. The summed E-state index contributed by atoms with van der Waals surface area (Å²) in [6.45, 7) is 4.54. The molecule has 1 N–H and O–H groups in total. The maximum absolute atomic E-state index is 14.6. The standard InChI is InChI=1S/C31H34FN5O3/c1-3-18-37(31(40)34(2)21-24-12-6-4-7-13-24)36-20-19-35(22-26-16-10-11-17-27(26)32)30(39)29(33-28(38)23-36)25-14-8-5-9-15-25/h3-17,29H,1,18-23H2,2H3,(H,33,38)/t29-/m0/s1. The maximum atomic E-state index is 14.6. The molecule has 1 atom stereocenters. The van der Waals surface area contributed by atoms with Crippen LogP contribution in [-0.4, -0.2) is 70.9 Å². The third kappa shape index (κ3) is 7.12. The molecule has 4 amide bonds. The number of hydrogen-bond acceptors (Lipinski definition) is 4. The van der Waals surface area contributed by atoms with E-state index in [1.807, 2.05) is 36.4 Å². The van der Waals surface area contributed by atoms with E-state index in [4.69, 9.17) is 0 Å². The van der Waals surface area contributed by atoms with Gasteiger partial charge in [-0.15, -0.1) is 6.58 Å². The molecular weight excluding hydrogens is 509 g/mol. The van der Waals surface area contributed by atoms with Crippen LogP contribution in [0, 0.1) is 5.82 Å². The second-order valence-corrected chi connectivity index (χ2v) is 9.65. The molecule has 0 saturated carbocycles. The molecule has 1 aliphatic rings. The van der Waals surface area contributed by atoms with Crippen LogP contribution in [0.1, 0.15) is 22.7 Å².